The van der Waals surface area contributed by atoms with Crippen LogP contribution in [0.4, 0.5) is 11.4 Å². The molecule has 10 nitrogen and oxygen atoms in total. The Bertz CT molecular complexity index is 1300. The van der Waals surface area contributed by atoms with Crippen molar-refractivity contribution in [3.05, 3.63) is 77.3 Å². The zero-order chi connectivity index (χ0) is 27.3. The van der Waals surface area contributed by atoms with Gasteiger partial charge in [-0.3, -0.25) is 14.4 Å². The highest BCUT2D eigenvalue weighted by Gasteiger charge is 2.15. The molecule has 0 aliphatic carbocycles. The lowest BCUT2D eigenvalue weighted by Crippen LogP contribution is -2.32. The van der Waals surface area contributed by atoms with E-state index < -0.39 is 11.8 Å². The normalized spacial score (nSPS) is 10.5. The first-order valence-corrected chi connectivity index (χ1v) is 12.1. The number of nitrogens with one attached hydrogen (secondary N) is 3. The van der Waals surface area contributed by atoms with Crippen LogP contribution in [-0.2, 0) is 14.4 Å². The third-order valence-corrected chi connectivity index (χ3v) is 5.03. The highest BCUT2D eigenvalue weighted by molar-refractivity contribution is 6.39. The molecule has 3 amide bonds. The van der Waals surface area contributed by atoms with Gasteiger partial charge in [0.15, 0.2) is 18.1 Å². The monoisotopic (exact) mass is 538 g/mol. The number of hydrogen-bond acceptors (Lipinski definition) is 7. The minimum atomic E-state index is -0.954. The Hall–Kier alpha value is -4.57. The van der Waals surface area contributed by atoms with E-state index in [9.17, 15) is 14.4 Å². The molecule has 3 N–H and O–H groups in total. The molecule has 0 unspecified atom stereocenters. The molecule has 0 saturated carbocycles. The molecule has 0 saturated heterocycles. The molecule has 198 valence electrons. The first kappa shape index (κ1) is 28.0. The Morgan fingerprint density at radius 3 is 2.26 bits per heavy atom. The number of rotatable bonds is 11. The van der Waals surface area contributed by atoms with Crippen molar-refractivity contribution in [2.24, 2.45) is 5.10 Å². The van der Waals surface area contributed by atoms with E-state index in [1.54, 1.807) is 73.7 Å². The second-order valence-electron chi connectivity index (χ2n) is 7.57. The number of carbonyl (C=O) groups is 3. The Balaban J connectivity index is 1.56. The fourth-order valence-electron chi connectivity index (χ4n) is 3.11. The molecule has 0 bridgehead atoms. The first-order valence-electron chi connectivity index (χ1n) is 11.7. The smallest absolute Gasteiger partial charge is 0.329 e. The maximum Gasteiger partial charge on any atom is 0.329 e. The molecular weight excluding hydrogens is 512 g/mol. The summed E-state index contributed by atoms with van der Waals surface area (Å²) in [6, 6.07) is 18.4. The molecule has 0 spiro atoms. The van der Waals surface area contributed by atoms with Gasteiger partial charge in [0, 0.05) is 10.7 Å². The molecule has 3 aromatic carbocycles. The Labute approximate surface area is 224 Å². The zero-order valence-corrected chi connectivity index (χ0v) is 21.6. The highest BCUT2D eigenvalue weighted by Crippen LogP contribution is 2.28. The molecule has 0 atom stereocenters. The minimum Gasteiger partial charge on any atom is -0.492 e. The fourth-order valence-corrected chi connectivity index (χ4v) is 3.24. The number of ether oxygens (including phenoxy) is 3. The summed E-state index contributed by atoms with van der Waals surface area (Å²) in [5.41, 5.74) is 3.71. The number of benzene rings is 3. The number of halogens is 1. The van der Waals surface area contributed by atoms with E-state index in [0.717, 1.165) is 0 Å². The lowest BCUT2D eigenvalue weighted by Gasteiger charge is -2.12. The van der Waals surface area contributed by atoms with Gasteiger partial charge in [0.25, 0.3) is 5.91 Å². The van der Waals surface area contributed by atoms with Gasteiger partial charge in [-0.05, 0) is 74.0 Å². The lowest BCUT2D eigenvalue weighted by molar-refractivity contribution is -0.136. The standard InChI is InChI=1S/C27H27ClN4O6/c1-3-36-22-8-6-5-7-21(22)31-26(34)27(35)32-29-16-18-9-14-23(24(15-18)37-4-2)38-17-25(33)30-20-12-10-19(28)11-13-20/h5-16H,3-4,17H2,1-2H3,(H,30,33)(H,31,34)(H,32,35)/b29-16-. The summed E-state index contributed by atoms with van der Waals surface area (Å²) in [5, 5.41) is 9.60. The van der Waals surface area contributed by atoms with E-state index in [1.165, 1.54) is 6.21 Å². The molecule has 3 aromatic rings. The maximum atomic E-state index is 12.2. The van der Waals surface area contributed by atoms with Crippen LogP contribution in [0.25, 0.3) is 0 Å². The Morgan fingerprint density at radius 1 is 0.816 bits per heavy atom. The van der Waals surface area contributed by atoms with E-state index >= 15 is 0 Å². The molecule has 0 aromatic heterocycles. The van der Waals surface area contributed by atoms with Gasteiger partial charge in [-0.15, -0.1) is 0 Å². The highest BCUT2D eigenvalue weighted by atomic mass is 35.5. The van der Waals surface area contributed by atoms with Crippen LogP contribution in [0.2, 0.25) is 5.02 Å². The first-order chi connectivity index (χ1) is 18.4. The molecule has 0 radical (unpaired) electrons. The molecule has 0 aliphatic rings. The number of carbonyl (C=O) groups excluding carboxylic acids is 3. The van der Waals surface area contributed by atoms with E-state index in [4.69, 9.17) is 25.8 Å². The van der Waals surface area contributed by atoms with Crippen LogP contribution in [0.5, 0.6) is 17.2 Å². The van der Waals surface area contributed by atoms with E-state index in [0.29, 0.717) is 52.4 Å². The SMILES string of the molecule is CCOc1ccccc1NC(=O)C(=O)N/N=C\c1ccc(OCC(=O)Nc2ccc(Cl)cc2)c(OCC)c1. The second kappa shape index (κ2) is 14.2. The van der Waals surface area contributed by atoms with Crippen molar-refractivity contribution in [1.82, 2.24) is 5.43 Å². The van der Waals surface area contributed by atoms with Gasteiger partial charge in [-0.25, -0.2) is 5.43 Å². The zero-order valence-electron chi connectivity index (χ0n) is 20.8. The van der Waals surface area contributed by atoms with Crippen LogP contribution in [-0.4, -0.2) is 43.8 Å². The number of para-hydroxylation sites is 2. The molecule has 0 fully saturated rings. The number of hydrazone groups is 1. The summed E-state index contributed by atoms with van der Waals surface area (Å²) < 4.78 is 16.7. The Kier molecular flexibility index (Phi) is 10.5. The average Bonchev–Trinajstić information content (AvgIpc) is 2.91. The number of anilines is 2. The quantitative estimate of drug-likeness (QED) is 0.190. The second-order valence-corrected chi connectivity index (χ2v) is 8.00. The molecular formula is C27H27ClN4O6. The Morgan fingerprint density at radius 2 is 1.53 bits per heavy atom. The number of hydrogen-bond donors (Lipinski definition) is 3. The molecule has 38 heavy (non-hydrogen) atoms. The largest absolute Gasteiger partial charge is 0.492 e. The van der Waals surface area contributed by atoms with Gasteiger partial charge in [-0.2, -0.15) is 5.10 Å². The third kappa shape index (κ3) is 8.52. The minimum absolute atomic E-state index is 0.242. The van der Waals surface area contributed by atoms with Crippen molar-refractivity contribution in [2.45, 2.75) is 13.8 Å². The topological polar surface area (TPSA) is 127 Å². The van der Waals surface area contributed by atoms with Gasteiger partial charge in [-0.1, -0.05) is 23.7 Å². The fraction of sp³-hybridized carbons (Fsp3) is 0.185. The molecule has 0 aliphatic heterocycles. The van der Waals surface area contributed by atoms with E-state index in [-0.39, 0.29) is 12.5 Å². The van der Waals surface area contributed by atoms with Crippen LogP contribution >= 0.6 is 11.6 Å². The van der Waals surface area contributed by atoms with Crippen molar-refractivity contribution in [3.8, 4) is 17.2 Å². The van der Waals surface area contributed by atoms with Crippen molar-refractivity contribution in [2.75, 3.05) is 30.5 Å². The summed E-state index contributed by atoms with van der Waals surface area (Å²) in [6.07, 6.45) is 1.35. The molecule has 3 rings (SSSR count). The predicted molar refractivity (Wildman–Crippen MR) is 145 cm³/mol. The van der Waals surface area contributed by atoms with Crippen molar-refractivity contribution >= 4 is 46.9 Å². The van der Waals surface area contributed by atoms with Gasteiger partial charge in [0.1, 0.15) is 5.75 Å². The molecule has 0 heterocycles. The number of nitrogens with zero attached hydrogens (tertiary/aromatic N) is 1. The van der Waals surface area contributed by atoms with Crippen molar-refractivity contribution in [3.63, 3.8) is 0 Å². The van der Waals surface area contributed by atoms with Crippen LogP contribution in [0.15, 0.2) is 71.8 Å². The van der Waals surface area contributed by atoms with Gasteiger partial charge in [0.05, 0.1) is 25.1 Å². The van der Waals surface area contributed by atoms with Gasteiger partial charge >= 0.3 is 11.8 Å². The molecule has 11 heteroatoms. The average molecular weight is 539 g/mol. The van der Waals surface area contributed by atoms with Crippen LogP contribution in [0.1, 0.15) is 19.4 Å². The number of amides is 3. The predicted octanol–water partition coefficient (Wildman–Crippen LogP) is 4.24. The van der Waals surface area contributed by atoms with Crippen LogP contribution < -0.4 is 30.3 Å². The van der Waals surface area contributed by atoms with E-state index in [1.807, 2.05) is 6.92 Å². The van der Waals surface area contributed by atoms with Gasteiger partial charge < -0.3 is 24.8 Å². The van der Waals surface area contributed by atoms with Crippen LogP contribution in [0.3, 0.4) is 0 Å². The maximum absolute atomic E-state index is 12.2. The van der Waals surface area contributed by atoms with Crippen molar-refractivity contribution in [1.29, 1.82) is 0 Å². The van der Waals surface area contributed by atoms with E-state index in [2.05, 4.69) is 21.2 Å². The summed E-state index contributed by atoms with van der Waals surface area (Å²) >= 11 is 5.85. The third-order valence-electron chi connectivity index (χ3n) is 4.78. The lowest BCUT2D eigenvalue weighted by atomic mass is 10.2. The van der Waals surface area contributed by atoms with Crippen LogP contribution in [0, 0.1) is 0 Å². The summed E-state index contributed by atoms with van der Waals surface area (Å²) in [7, 11) is 0. The van der Waals surface area contributed by atoms with Crippen molar-refractivity contribution < 1.29 is 28.6 Å². The van der Waals surface area contributed by atoms with Gasteiger partial charge in [0.2, 0.25) is 0 Å². The summed E-state index contributed by atoms with van der Waals surface area (Å²) in [5.74, 6) is -1.02. The summed E-state index contributed by atoms with van der Waals surface area (Å²) in [6.45, 7) is 4.14. The summed E-state index contributed by atoms with van der Waals surface area (Å²) in [4.78, 5) is 36.6.